The highest BCUT2D eigenvalue weighted by Gasteiger charge is 2.28. The minimum absolute atomic E-state index is 0.542. The summed E-state index contributed by atoms with van der Waals surface area (Å²) in [5, 5.41) is 6.60. The Hall–Kier alpha value is -2.10. The van der Waals surface area contributed by atoms with E-state index in [1.807, 2.05) is 14.0 Å². The van der Waals surface area contributed by atoms with Crippen molar-refractivity contribution in [2.75, 3.05) is 17.7 Å². The first-order valence-electron chi connectivity index (χ1n) is 7.63. The van der Waals surface area contributed by atoms with Gasteiger partial charge in [0.2, 0.25) is 0 Å². The predicted octanol–water partition coefficient (Wildman–Crippen LogP) is 4.01. The maximum Gasteiger partial charge on any atom is 0.139 e. The summed E-state index contributed by atoms with van der Waals surface area (Å²) in [5.74, 6) is 3.32. The second kappa shape index (κ2) is 5.72. The van der Waals surface area contributed by atoms with E-state index in [0.717, 1.165) is 35.1 Å². The Labute approximate surface area is 126 Å². The zero-order chi connectivity index (χ0) is 14.8. The van der Waals surface area contributed by atoms with Crippen LogP contribution in [0.4, 0.5) is 17.3 Å². The van der Waals surface area contributed by atoms with E-state index in [9.17, 15) is 0 Å². The van der Waals surface area contributed by atoms with Gasteiger partial charge in [-0.2, -0.15) is 0 Å². The van der Waals surface area contributed by atoms with Gasteiger partial charge in [0.25, 0.3) is 0 Å². The lowest BCUT2D eigenvalue weighted by Crippen LogP contribution is -2.06. The number of benzene rings is 1. The van der Waals surface area contributed by atoms with E-state index in [2.05, 4.69) is 46.8 Å². The molecule has 0 atom stereocenters. The summed E-state index contributed by atoms with van der Waals surface area (Å²) in [5.41, 5.74) is 3.47. The molecule has 1 aromatic heterocycles. The maximum atomic E-state index is 4.72. The molecule has 1 fully saturated rings. The van der Waals surface area contributed by atoms with Gasteiger partial charge in [0.1, 0.15) is 17.5 Å². The first kappa shape index (κ1) is 13.9. The number of aromatic nitrogens is 2. The Balaban J connectivity index is 1.90. The summed E-state index contributed by atoms with van der Waals surface area (Å²) < 4.78 is 0. The molecule has 2 aromatic rings. The molecule has 0 aliphatic heterocycles. The fourth-order valence-electron chi connectivity index (χ4n) is 2.38. The Morgan fingerprint density at radius 2 is 1.76 bits per heavy atom. The first-order valence-corrected chi connectivity index (χ1v) is 7.63. The van der Waals surface area contributed by atoms with Gasteiger partial charge in [-0.1, -0.05) is 19.1 Å². The average molecular weight is 282 g/mol. The lowest BCUT2D eigenvalue weighted by molar-refractivity contribution is 0.923. The molecule has 1 heterocycles. The standard InChI is InChI=1S/C17H22N4/c1-4-12-5-9-14(10-6-12)19-16-11(2)15(18-3)20-17(21-16)13-7-8-13/h5-6,9-10,13H,4,7-8H2,1-3H3,(H2,18,19,20,21). The Morgan fingerprint density at radius 1 is 1.10 bits per heavy atom. The van der Waals surface area contributed by atoms with Crippen molar-refractivity contribution in [1.29, 1.82) is 0 Å². The van der Waals surface area contributed by atoms with Crippen LogP contribution in [0, 0.1) is 6.92 Å². The molecule has 110 valence electrons. The van der Waals surface area contributed by atoms with Gasteiger partial charge in [-0.15, -0.1) is 0 Å². The highest BCUT2D eigenvalue weighted by molar-refractivity contribution is 5.65. The van der Waals surface area contributed by atoms with Gasteiger partial charge in [-0.3, -0.25) is 0 Å². The summed E-state index contributed by atoms with van der Waals surface area (Å²) in [6, 6.07) is 8.52. The van der Waals surface area contributed by atoms with E-state index >= 15 is 0 Å². The second-order valence-electron chi connectivity index (χ2n) is 5.60. The monoisotopic (exact) mass is 282 g/mol. The number of anilines is 3. The zero-order valence-electron chi connectivity index (χ0n) is 12.9. The molecule has 0 unspecified atom stereocenters. The van der Waals surface area contributed by atoms with Crippen LogP contribution in [0.1, 0.15) is 42.6 Å². The molecule has 21 heavy (non-hydrogen) atoms. The third-order valence-corrected chi connectivity index (χ3v) is 3.97. The van der Waals surface area contributed by atoms with Gasteiger partial charge in [-0.05, 0) is 43.9 Å². The van der Waals surface area contributed by atoms with E-state index in [1.165, 1.54) is 18.4 Å². The normalized spacial score (nSPS) is 14.0. The van der Waals surface area contributed by atoms with Gasteiger partial charge in [0.05, 0.1) is 0 Å². The van der Waals surface area contributed by atoms with Crippen LogP contribution >= 0.6 is 0 Å². The summed E-state index contributed by atoms with van der Waals surface area (Å²) in [4.78, 5) is 9.34. The van der Waals surface area contributed by atoms with E-state index in [0.29, 0.717) is 5.92 Å². The maximum absolute atomic E-state index is 4.72. The van der Waals surface area contributed by atoms with Crippen LogP contribution in [-0.2, 0) is 6.42 Å². The highest BCUT2D eigenvalue weighted by Crippen LogP contribution is 2.39. The summed E-state index contributed by atoms with van der Waals surface area (Å²) >= 11 is 0. The molecular weight excluding hydrogens is 260 g/mol. The predicted molar refractivity (Wildman–Crippen MR) is 87.4 cm³/mol. The summed E-state index contributed by atoms with van der Waals surface area (Å²) in [6.07, 6.45) is 3.47. The van der Waals surface area contributed by atoms with Crippen molar-refractivity contribution in [3.63, 3.8) is 0 Å². The summed E-state index contributed by atoms with van der Waals surface area (Å²) in [6.45, 7) is 4.21. The van der Waals surface area contributed by atoms with E-state index in [-0.39, 0.29) is 0 Å². The van der Waals surface area contributed by atoms with Gasteiger partial charge in [-0.25, -0.2) is 9.97 Å². The largest absolute Gasteiger partial charge is 0.373 e. The molecule has 0 radical (unpaired) electrons. The Morgan fingerprint density at radius 3 is 2.33 bits per heavy atom. The van der Waals surface area contributed by atoms with Crippen LogP contribution in [0.25, 0.3) is 0 Å². The fourth-order valence-corrected chi connectivity index (χ4v) is 2.38. The molecule has 1 aliphatic carbocycles. The molecule has 0 saturated heterocycles. The lowest BCUT2D eigenvalue weighted by Gasteiger charge is -2.14. The number of rotatable bonds is 5. The van der Waals surface area contributed by atoms with Crippen molar-refractivity contribution in [2.45, 2.75) is 39.0 Å². The first-order chi connectivity index (χ1) is 10.2. The van der Waals surface area contributed by atoms with Gasteiger partial charge in [0.15, 0.2) is 0 Å². The SMILES string of the molecule is CCc1ccc(Nc2nc(C3CC3)nc(NC)c2C)cc1. The molecule has 0 spiro atoms. The molecule has 1 saturated carbocycles. The molecule has 1 aromatic carbocycles. The van der Waals surface area contributed by atoms with Crippen molar-refractivity contribution in [3.05, 3.63) is 41.2 Å². The van der Waals surface area contributed by atoms with Crippen LogP contribution in [0.2, 0.25) is 0 Å². The molecule has 4 nitrogen and oxygen atoms in total. The van der Waals surface area contributed by atoms with Crippen LogP contribution in [0.5, 0.6) is 0 Å². The number of nitrogens with one attached hydrogen (secondary N) is 2. The highest BCUT2D eigenvalue weighted by atomic mass is 15.1. The van der Waals surface area contributed by atoms with Crippen molar-refractivity contribution in [3.8, 4) is 0 Å². The van der Waals surface area contributed by atoms with Crippen LogP contribution in [-0.4, -0.2) is 17.0 Å². The number of hydrogen-bond acceptors (Lipinski definition) is 4. The van der Waals surface area contributed by atoms with Crippen molar-refractivity contribution in [2.24, 2.45) is 0 Å². The molecule has 2 N–H and O–H groups in total. The van der Waals surface area contributed by atoms with Crippen molar-refractivity contribution >= 4 is 17.3 Å². The number of hydrogen-bond donors (Lipinski definition) is 2. The van der Waals surface area contributed by atoms with Crippen molar-refractivity contribution < 1.29 is 0 Å². The smallest absolute Gasteiger partial charge is 0.139 e. The summed E-state index contributed by atoms with van der Waals surface area (Å²) in [7, 11) is 1.91. The van der Waals surface area contributed by atoms with Crippen LogP contribution < -0.4 is 10.6 Å². The van der Waals surface area contributed by atoms with Gasteiger partial charge in [0, 0.05) is 24.2 Å². The van der Waals surface area contributed by atoms with Gasteiger partial charge >= 0.3 is 0 Å². The van der Waals surface area contributed by atoms with Crippen LogP contribution in [0.3, 0.4) is 0 Å². The number of aryl methyl sites for hydroxylation is 1. The molecule has 4 heteroatoms. The molecular formula is C17H22N4. The topological polar surface area (TPSA) is 49.8 Å². The quantitative estimate of drug-likeness (QED) is 0.870. The second-order valence-corrected chi connectivity index (χ2v) is 5.60. The van der Waals surface area contributed by atoms with E-state index < -0.39 is 0 Å². The van der Waals surface area contributed by atoms with Gasteiger partial charge < -0.3 is 10.6 Å². The lowest BCUT2D eigenvalue weighted by atomic mass is 10.1. The van der Waals surface area contributed by atoms with Crippen molar-refractivity contribution in [1.82, 2.24) is 9.97 Å². The minimum atomic E-state index is 0.542. The molecule has 0 bridgehead atoms. The Kier molecular flexibility index (Phi) is 3.78. The zero-order valence-corrected chi connectivity index (χ0v) is 12.9. The number of nitrogens with zero attached hydrogens (tertiary/aromatic N) is 2. The van der Waals surface area contributed by atoms with E-state index in [1.54, 1.807) is 0 Å². The molecule has 3 rings (SSSR count). The third kappa shape index (κ3) is 2.99. The fraction of sp³-hybridized carbons (Fsp3) is 0.412. The average Bonchev–Trinajstić information content (AvgIpc) is 3.35. The molecule has 1 aliphatic rings. The minimum Gasteiger partial charge on any atom is -0.373 e. The molecule has 0 amide bonds. The third-order valence-electron chi connectivity index (χ3n) is 3.97. The van der Waals surface area contributed by atoms with E-state index in [4.69, 9.17) is 4.98 Å². The Bertz CT molecular complexity index is 630. The van der Waals surface area contributed by atoms with Crippen LogP contribution in [0.15, 0.2) is 24.3 Å².